The molecule has 0 bridgehead atoms. The molecule has 7 rings (SSSR count). The summed E-state index contributed by atoms with van der Waals surface area (Å²) in [5.74, 6) is -1.95. The summed E-state index contributed by atoms with van der Waals surface area (Å²) < 4.78 is 12.1. The van der Waals surface area contributed by atoms with E-state index in [1.54, 1.807) is 20.8 Å². The number of aromatic nitrogens is 3. The Morgan fingerprint density at radius 2 is 1.68 bits per heavy atom. The van der Waals surface area contributed by atoms with E-state index in [9.17, 15) is 24.3 Å². The Kier molecular flexibility index (Phi) is 10.0. The van der Waals surface area contributed by atoms with Crippen LogP contribution in [0.5, 0.6) is 5.88 Å². The number of alkyl carbamates (subject to hydrolysis) is 1. The zero-order valence-electron chi connectivity index (χ0n) is 30.5. The van der Waals surface area contributed by atoms with Gasteiger partial charge in [-0.05, 0) is 69.7 Å². The minimum atomic E-state index is -1.37. The molecule has 0 spiro atoms. The van der Waals surface area contributed by atoms with Crippen molar-refractivity contribution in [2.75, 3.05) is 6.54 Å². The highest BCUT2D eigenvalue weighted by Gasteiger charge is 2.62. The van der Waals surface area contributed by atoms with Gasteiger partial charge in [0.2, 0.25) is 17.7 Å². The van der Waals surface area contributed by atoms with Gasteiger partial charge in [-0.25, -0.2) is 19.6 Å². The smallest absolute Gasteiger partial charge is 0.408 e. The fourth-order valence-corrected chi connectivity index (χ4v) is 7.85. The summed E-state index contributed by atoms with van der Waals surface area (Å²) in [6.07, 6.45) is 6.70. The molecule has 3 aliphatic rings. The van der Waals surface area contributed by atoms with Gasteiger partial charge in [-0.1, -0.05) is 62.4 Å². The Labute approximate surface area is 308 Å². The first-order valence-electron chi connectivity index (χ1n) is 18.7. The highest BCUT2D eigenvalue weighted by atomic mass is 16.6. The van der Waals surface area contributed by atoms with Gasteiger partial charge in [-0.3, -0.25) is 9.59 Å². The Hall–Kier alpha value is -5.20. The van der Waals surface area contributed by atoms with Crippen LogP contribution in [0.25, 0.3) is 21.9 Å². The van der Waals surface area contributed by atoms with Gasteiger partial charge in [-0.15, -0.1) is 0 Å². The minimum absolute atomic E-state index is 0.0218. The lowest BCUT2D eigenvalue weighted by atomic mass is 10.0. The van der Waals surface area contributed by atoms with Crippen LogP contribution < -0.4 is 15.4 Å². The number of nitrogens with one attached hydrogen (secondary N) is 3. The highest BCUT2D eigenvalue weighted by Crippen LogP contribution is 2.47. The van der Waals surface area contributed by atoms with Gasteiger partial charge in [-0.2, -0.15) is 0 Å². The molecule has 4 heterocycles. The average Bonchev–Trinajstić information content (AvgIpc) is 3.42. The van der Waals surface area contributed by atoms with Crippen molar-refractivity contribution in [2.45, 2.75) is 114 Å². The van der Waals surface area contributed by atoms with Gasteiger partial charge < -0.3 is 35.1 Å². The maximum absolute atomic E-state index is 14.5. The number of H-pyrrole nitrogens is 1. The summed E-state index contributed by atoms with van der Waals surface area (Å²) in [5, 5.41) is 16.9. The predicted molar refractivity (Wildman–Crippen MR) is 197 cm³/mol. The molecule has 1 saturated carbocycles. The molecule has 1 aliphatic carbocycles. The molecule has 4 N–H and O–H groups in total. The van der Waals surface area contributed by atoms with Crippen molar-refractivity contribution in [1.29, 1.82) is 0 Å². The highest BCUT2D eigenvalue weighted by molar-refractivity contribution is 5.96. The molecule has 2 saturated heterocycles. The largest absolute Gasteiger partial charge is 0.479 e. The van der Waals surface area contributed by atoms with Crippen LogP contribution in [0.3, 0.4) is 0 Å². The van der Waals surface area contributed by atoms with Gasteiger partial charge in [0.05, 0.1) is 17.6 Å². The number of aromatic amines is 1. The maximum Gasteiger partial charge on any atom is 0.408 e. The molecule has 2 unspecified atom stereocenters. The summed E-state index contributed by atoms with van der Waals surface area (Å²) in [4.78, 5) is 68.7. The third-order valence-electron chi connectivity index (χ3n) is 10.6. The second kappa shape index (κ2) is 14.7. The maximum atomic E-state index is 14.5. The van der Waals surface area contributed by atoms with Crippen molar-refractivity contribution in [3.63, 3.8) is 0 Å². The van der Waals surface area contributed by atoms with E-state index in [2.05, 4.69) is 15.6 Å². The number of para-hydroxylation sites is 3. The monoisotopic (exact) mass is 724 g/mol. The van der Waals surface area contributed by atoms with Crippen LogP contribution >= 0.6 is 0 Å². The van der Waals surface area contributed by atoms with Crippen LogP contribution in [0.4, 0.5) is 4.79 Å². The Balaban J connectivity index is 1.20. The second-order valence-electron chi connectivity index (χ2n) is 15.7. The summed E-state index contributed by atoms with van der Waals surface area (Å²) in [7, 11) is 0. The first kappa shape index (κ1) is 36.2. The number of fused-ring (bicyclic) bond motifs is 4. The van der Waals surface area contributed by atoms with E-state index in [1.165, 1.54) is 4.90 Å². The molecule has 3 amide bonds. The van der Waals surface area contributed by atoms with E-state index in [4.69, 9.17) is 19.4 Å². The lowest BCUT2D eigenvalue weighted by Crippen LogP contribution is -2.56. The summed E-state index contributed by atoms with van der Waals surface area (Å²) in [5.41, 5.74) is 1.81. The van der Waals surface area contributed by atoms with Crippen LogP contribution in [-0.4, -0.2) is 84.7 Å². The van der Waals surface area contributed by atoms with Gasteiger partial charge in [0.1, 0.15) is 35.0 Å². The van der Waals surface area contributed by atoms with Crippen LogP contribution in [0.1, 0.15) is 89.8 Å². The van der Waals surface area contributed by atoms with Crippen molar-refractivity contribution in [2.24, 2.45) is 5.92 Å². The van der Waals surface area contributed by atoms with Crippen LogP contribution in [0.2, 0.25) is 0 Å². The average molecular weight is 725 g/mol. The number of ether oxygens (including phenoxy) is 2. The zero-order valence-corrected chi connectivity index (χ0v) is 30.5. The Bertz CT molecular complexity index is 2020. The number of carboxylic acid groups (broad SMARTS) is 1. The molecule has 13 nitrogen and oxygen atoms in total. The van der Waals surface area contributed by atoms with Crippen molar-refractivity contribution in [1.82, 2.24) is 30.5 Å². The number of nitrogens with zero attached hydrogens (tertiary/aromatic N) is 3. The number of carbonyl (C=O) groups is 4. The lowest BCUT2D eigenvalue weighted by molar-refractivity contribution is -0.146. The molecule has 2 aromatic heterocycles. The number of carboxylic acids is 1. The topological polar surface area (TPSA) is 176 Å². The number of carbonyl (C=O) groups excluding carboxylic acids is 3. The fraction of sp³-hybridized carbons (Fsp3) is 0.500. The lowest BCUT2D eigenvalue weighted by Gasteiger charge is -2.30. The Morgan fingerprint density at radius 3 is 2.43 bits per heavy atom. The van der Waals surface area contributed by atoms with Crippen molar-refractivity contribution < 1.29 is 33.8 Å². The molecule has 2 aliphatic heterocycles. The Morgan fingerprint density at radius 1 is 0.981 bits per heavy atom. The number of hydrogen-bond donors (Lipinski definition) is 4. The van der Waals surface area contributed by atoms with Gasteiger partial charge in [0.15, 0.2) is 0 Å². The molecular formula is C40H48N6O7. The van der Waals surface area contributed by atoms with E-state index in [-0.39, 0.29) is 18.9 Å². The van der Waals surface area contributed by atoms with Crippen molar-refractivity contribution in [3.8, 4) is 5.88 Å². The number of hydrogen-bond acceptors (Lipinski definition) is 8. The van der Waals surface area contributed by atoms with Crippen LogP contribution in [-0.2, 0) is 25.5 Å². The molecule has 3 fully saturated rings. The fourth-order valence-electron chi connectivity index (χ4n) is 7.85. The predicted octanol–water partition coefficient (Wildman–Crippen LogP) is 5.65. The van der Waals surface area contributed by atoms with E-state index < -0.39 is 53.2 Å². The number of benzene rings is 2. The minimum Gasteiger partial charge on any atom is -0.479 e. The van der Waals surface area contributed by atoms with Crippen LogP contribution in [0.15, 0.2) is 54.7 Å². The molecule has 53 heavy (non-hydrogen) atoms. The van der Waals surface area contributed by atoms with E-state index in [1.807, 2.05) is 54.7 Å². The summed E-state index contributed by atoms with van der Waals surface area (Å²) >= 11 is 0. The number of rotatable bonds is 6. The quantitative estimate of drug-likeness (QED) is 0.196. The van der Waals surface area contributed by atoms with E-state index >= 15 is 0 Å². The molecule has 13 heteroatoms. The van der Waals surface area contributed by atoms with Crippen LogP contribution in [0, 0.1) is 5.92 Å². The van der Waals surface area contributed by atoms with E-state index in [0.717, 1.165) is 42.1 Å². The summed E-state index contributed by atoms with van der Waals surface area (Å²) in [6, 6.07) is 13.5. The molecule has 280 valence electrons. The third kappa shape index (κ3) is 7.93. The second-order valence-corrected chi connectivity index (χ2v) is 15.7. The molecule has 2 aromatic carbocycles. The molecule has 5 atom stereocenters. The first-order valence-corrected chi connectivity index (χ1v) is 18.7. The van der Waals surface area contributed by atoms with E-state index in [0.29, 0.717) is 54.7 Å². The van der Waals surface area contributed by atoms with Gasteiger partial charge >= 0.3 is 12.1 Å². The summed E-state index contributed by atoms with van der Waals surface area (Å²) in [6.45, 7) is 5.27. The molecule has 0 radical (unpaired) electrons. The number of amides is 3. The molecule has 4 aromatic rings. The first-order chi connectivity index (χ1) is 25.4. The van der Waals surface area contributed by atoms with Crippen molar-refractivity contribution in [3.05, 3.63) is 66.0 Å². The number of aliphatic carboxylic acids is 1. The third-order valence-corrected chi connectivity index (χ3v) is 10.6. The van der Waals surface area contributed by atoms with Gasteiger partial charge in [0, 0.05) is 29.9 Å². The standard InChI is InChI=1S/C40H48N6O7/c1-39(2,3)53-38(51)44-31-18-8-6-4-5-7-13-25-21-40(25,37(49)50)45-34(47)33-20-26(23-46(33)36(31)48)52-35-32(42-29-16-11-12-17-30(29)43-35)19-24-22-41-28-15-10-9-14-27(24)28/h9-12,14-17,22,25-26,31,33,41H,4-8,13,18-21,23H2,1-3H3,(H,44,51)(H,45,47)(H,49,50)/t25?,26-,31+,33+,40?/m1/s1. The normalized spacial score (nSPS) is 25.5. The van der Waals surface area contributed by atoms with Gasteiger partial charge in [0.25, 0.3) is 0 Å². The zero-order chi connectivity index (χ0) is 37.3. The SMILES string of the molecule is CC(C)(C)OC(=O)N[C@H]1CCCCCCCC2CC2(C(=O)O)NC(=O)[C@@H]2C[C@@H](Oc3nc4ccccc4nc3Cc3c[nH]c4ccccc34)CN2C1=O. The molecular weight excluding hydrogens is 676 g/mol. The van der Waals surface area contributed by atoms with Crippen molar-refractivity contribution >= 4 is 45.8 Å².